The van der Waals surface area contributed by atoms with E-state index in [0.717, 1.165) is 12.0 Å². The summed E-state index contributed by atoms with van der Waals surface area (Å²) < 4.78 is 0. The molecule has 2 nitrogen and oxygen atoms in total. The predicted molar refractivity (Wildman–Crippen MR) is 33.5 cm³/mol. The lowest BCUT2D eigenvalue weighted by atomic mass is 10.2. The molecule has 0 spiro atoms. The number of hydrogen-bond acceptors (Lipinski definition) is 1. The molecular weight excluding hydrogens is 100 g/mol. The van der Waals surface area contributed by atoms with Crippen molar-refractivity contribution in [1.29, 1.82) is 0 Å². The summed E-state index contributed by atoms with van der Waals surface area (Å²) in [6, 6.07) is 0. The van der Waals surface area contributed by atoms with Gasteiger partial charge in [-0.3, -0.25) is 0 Å². The monoisotopic (exact) mass is 107 g/mol. The fraction of sp³-hybridized carbons (Fsp3) is 0.167. The molecule has 0 aromatic carbocycles. The second-order valence-corrected chi connectivity index (χ2v) is 1.56. The van der Waals surface area contributed by atoms with E-state index in [1.54, 1.807) is 12.4 Å². The smallest absolute Gasteiger partial charge is 0.0546 e. The standard InChI is InChI=1S/C6H7N2/c1-2-3-6-4-7-8-5-6/h2,4-5H,1,3H2. The normalized spacial score (nSPS) is 15.2. The van der Waals surface area contributed by atoms with Crippen molar-refractivity contribution in [2.24, 2.45) is 5.10 Å². The van der Waals surface area contributed by atoms with Crippen LogP contribution in [0.1, 0.15) is 6.42 Å². The first-order valence-corrected chi connectivity index (χ1v) is 2.46. The van der Waals surface area contributed by atoms with E-state index in [9.17, 15) is 0 Å². The summed E-state index contributed by atoms with van der Waals surface area (Å²) in [7, 11) is 0. The first-order valence-electron chi connectivity index (χ1n) is 2.46. The van der Waals surface area contributed by atoms with Crippen LogP contribution < -0.4 is 5.43 Å². The molecule has 1 aliphatic heterocycles. The van der Waals surface area contributed by atoms with Crippen molar-refractivity contribution in [2.75, 3.05) is 0 Å². The van der Waals surface area contributed by atoms with Crippen molar-refractivity contribution in [3.8, 4) is 0 Å². The number of rotatable bonds is 2. The lowest BCUT2D eigenvalue weighted by molar-refractivity contribution is 0.972. The molecule has 0 aliphatic carbocycles. The Hall–Kier alpha value is -1.05. The number of hydrogen-bond donors (Lipinski definition) is 0. The molecule has 0 aromatic rings. The van der Waals surface area contributed by atoms with Gasteiger partial charge in [0.05, 0.1) is 12.4 Å². The van der Waals surface area contributed by atoms with Crippen molar-refractivity contribution in [3.05, 3.63) is 24.4 Å². The molecule has 0 aromatic heterocycles. The number of allylic oxidation sites excluding steroid dienone is 2. The van der Waals surface area contributed by atoms with Crippen LogP contribution in [0.2, 0.25) is 0 Å². The van der Waals surface area contributed by atoms with E-state index < -0.39 is 0 Å². The quantitative estimate of drug-likeness (QED) is 0.471. The maximum Gasteiger partial charge on any atom is 0.0546 e. The van der Waals surface area contributed by atoms with Gasteiger partial charge in [-0.2, -0.15) is 10.5 Å². The molecule has 0 atom stereocenters. The second-order valence-electron chi connectivity index (χ2n) is 1.56. The molecule has 8 heavy (non-hydrogen) atoms. The van der Waals surface area contributed by atoms with Crippen LogP contribution in [0.15, 0.2) is 29.5 Å². The molecule has 2 heteroatoms. The van der Waals surface area contributed by atoms with Crippen molar-refractivity contribution in [2.45, 2.75) is 6.42 Å². The van der Waals surface area contributed by atoms with Gasteiger partial charge in [0.1, 0.15) is 0 Å². The molecule has 0 fully saturated rings. The van der Waals surface area contributed by atoms with Crippen LogP contribution in [0.5, 0.6) is 0 Å². The Morgan fingerprint density at radius 1 is 1.75 bits per heavy atom. The highest BCUT2D eigenvalue weighted by Crippen LogP contribution is 2.00. The molecule has 0 N–H and O–H groups in total. The maximum atomic E-state index is 3.64. The first kappa shape index (κ1) is 5.09. The molecule has 0 unspecified atom stereocenters. The van der Waals surface area contributed by atoms with E-state index in [2.05, 4.69) is 17.1 Å². The van der Waals surface area contributed by atoms with Crippen LogP contribution >= 0.6 is 0 Å². The Kier molecular flexibility index (Phi) is 1.47. The van der Waals surface area contributed by atoms with Crippen molar-refractivity contribution < 1.29 is 0 Å². The van der Waals surface area contributed by atoms with Crippen LogP contribution in [0.25, 0.3) is 0 Å². The average Bonchev–Trinajstić information content (AvgIpc) is 2.19. The van der Waals surface area contributed by atoms with Crippen LogP contribution in [0.3, 0.4) is 0 Å². The second kappa shape index (κ2) is 2.31. The van der Waals surface area contributed by atoms with Gasteiger partial charge in [-0.15, -0.1) is 6.58 Å². The van der Waals surface area contributed by atoms with Crippen LogP contribution in [-0.2, 0) is 0 Å². The molecule has 1 heterocycles. The van der Waals surface area contributed by atoms with Crippen LogP contribution in [0.4, 0.5) is 0 Å². The molecule has 0 saturated carbocycles. The summed E-state index contributed by atoms with van der Waals surface area (Å²) >= 11 is 0. The van der Waals surface area contributed by atoms with E-state index in [4.69, 9.17) is 0 Å². The van der Waals surface area contributed by atoms with Crippen molar-refractivity contribution >= 4 is 6.21 Å². The van der Waals surface area contributed by atoms with Gasteiger partial charge in [0.2, 0.25) is 0 Å². The third-order valence-corrected chi connectivity index (χ3v) is 0.894. The average molecular weight is 107 g/mol. The Morgan fingerprint density at radius 3 is 3.12 bits per heavy atom. The molecule has 0 saturated heterocycles. The fourth-order valence-electron chi connectivity index (χ4n) is 0.520. The van der Waals surface area contributed by atoms with Gasteiger partial charge in [-0.05, 0) is 12.0 Å². The zero-order valence-corrected chi connectivity index (χ0v) is 4.54. The van der Waals surface area contributed by atoms with Gasteiger partial charge < -0.3 is 0 Å². The Morgan fingerprint density at radius 2 is 2.62 bits per heavy atom. The van der Waals surface area contributed by atoms with Gasteiger partial charge in [-0.25, -0.2) is 0 Å². The predicted octanol–water partition coefficient (Wildman–Crippen LogP) is 1.05. The molecule has 0 amide bonds. The Balaban J connectivity index is 2.45. The highest BCUT2D eigenvalue weighted by atomic mass is 15.3. The summed E-state index contributed by atoms with van der Waals surface area (Å²) in [6.07, 6.45) is 6.18. The zero-order valence-electron chi connectivity index (χ0n) is 4.54. The van der Waals surface area contributed by atoms with Crippen molar-refractivity contribution in [3.63, 3.8) is 0 Å². The van der Waals surface area contributed by atoms with E-state index in [1.165, 1.54) is 0 Å². The van der Waals surface area contributed by atoms with Crippen LogP contribution in [-0.4, -0.2) is 6.21 Å². The summed E-state index contributed by atoms with van der Waals surface area (Å²) in [4.78, 5) is 0. The summed E-state index contributed by atoms with van der Waals surface area (Å²) in [5.74, 6) is 0. The Labute approximate surface area is 48.6 Å². The maximum absolute atomic E-state index is 3.64. The fourth-order valence-corrected chi connectivity index (χ4v) is 0.520. The van der Waals surface area contributed by atoms with Gasteiger partial charge >= 0.3 is 0 Å². The number of nitrogens with zero attached hydrogens (tertiary/aromatic N) is 2. The van der Waals surface area contributed by atoms with Gasteiger partial charge in [0.15, 0.2) is 0 Å². The summed E-state index contributed by atoms with van der Waals surface area (Å²) in [5.41, 5.74) is 4.77. The SMILES string of the molecule is C=CCC1=C[N]N=C1. The molecule has 1 radical (unpaired) electrons. The molecule has 0 bridgehead atoms. The minimum absolute atomic E-state index is 0.868. The minimum atomic E-state index is 0.868. The molecule has 41 valence electrons. The van der Waals surface area contributed by atoms with E-state index in [0.29, 0.717) is 0 Å². The molecular formula is C6H7N2. The van der Waals surface area contributed by atoms with Gasteiger partial charge in [0.25, 0.3) is 0 Å². The highest BCUT2D eigenvalue weighted by Gasteiger charge is 1.94. The van der Waals surface area contributed by atoms with E-state index in [-0.39, 0.29) is 0 Å². The highest BCUT2D eigenvalue weighted by molar-refractivity contribution is 5.80. The minimum Gasteiger partial charge on any atom is -0.159 e. The topological polar surface area (TPSA) is 26.5 Å². The third kappa shape index (κ3) is 0.964. The van der Waals surface area contributed by atoms with Crippen molar-refractivity contribution in [1.82, 2.24) is 5.43 Å². The summed E-state index contributed by atoms with van der Waals surface area (Å²) in [5, 5.41) is 3.64. The Bertz CT molecular complexity index is 145. The third-order valence-electron chi connectivity index (χ3n) is 0.894. The first-order chi connectivity index (χ1) is 3.93. The zero-order chi connectivity index (χ0) is 5.82. The molecule has 1 rings (SSSR count). The van der Waals surface area contributed by atoms with Crippen LogP contribution in [0, 0.1) is 0 Å². The lowest BCUT2D eigenvalue weighted by Crippen LogP contribution is -1.75. The lowest BCUT2D eigenvalue weighted by Gasteiger charge is -1.82. The van der Waals surface area contributed by atoms with E-state index >= 15 is 0 Å². The summed E-state index contributed by atoms with van der Waals surface area (Å²) in [6.45, 7) is 3.58. The largest absolute Gasteiger partial charge is 0.159 e. The van der Waals surface area contributed by atoms with Gasteiger partial charge in [-0.1, -0.05) is 6.08 Å². The van der Waals surface area contributed by atoms with Gasteiger partial charge in [0, 0.05) is 0 Å². The van der Waals surface area contributed by atoms with E-state index in [1.807, 2.05) is 6.08 Å². The molecule has 1 aliphatic rings.